The molecule has 0 bridgehead atoms. The maximum absolute atomic E-state index is 11.3. The zero-order valence-electron chi connectivity index (χ0n) is 7.29. The van der Waals surface area contributed by atoms with Crippen LogP contribution in [0.5, 0.6) is 0 Å². The van der Waals surface area contributed by atoms with Crippen molar-refractivity contribution >= 4 is 0 Å². The molecule has 0 heterocycles. The molecule has 0 aromatic heterocycles. The van der Waals surface area contributed by atoms with Crippen LogP contribution in [-0.2, 0) is 11.5 Å². The van der Waals surface area contributed by atoms with E-state index < -0.39 is 6.10 Å². The van der Waals surface area contributed by atoms with Crippen LogP contribution in [0.3, 0.4) is 0 Å². The first-order valence-corrected chi connectivity index (χ1v) is 4.52. The normalized spacial score (nSPS) is 23.7. The second kappa shape index (κ2) is 2.91. The van der Waals surface area contributed by atoms with Crippen molar-refractivity contribution in [2.45, 2.75) is 31.8 Å². The predicted molar refractivity (Wildman–Crippen MR) is 47.7 cm³/mol. The van der Waals surface area contributed by atoms with Gasteiger partial charge in [-0.1, -0.05) is 24.3 Å². The van der Waals surface area contributed by atoms with Gasteiger partial charge in [-0.25, -0.2) is 5.11 Å². The van der Waals surface area contributed by atoms with E-state index in [0.717, 1.165) is 12.8 Å². The minimum Gasteiger partial charge on any atom is -0.233 e. The van der Waals surface area contributed by atoms with Crippen LogP contribution in [0.1, 0.15) is 30.4 Å². The maximum Gasteiger partial charge on any atom is 0.0970 e. The van der Waals surface area contributed by atoms with E-state index in [-0.39, 0.29) is 5.92 Å². The third kappa shape index (κ3) is 1.14. The molecule has 12 heavy (non-hydrogen) atoms. The van der Waals surface area contributed by atoms with Crippen molar-refractivity contribution < 1.29 is 5.11 Å². The molecular formula is C11H13O. The molecule has 0 saturated heterocycles. The summed E-state index contributed by atoms with van der Waals surface area (Å²) < 4.78 is 0. The van der Waals surface area contributed by atoms with Crippen molar-refractivity contribution in [3.8, 4) is 0 Å². The Balaban J connectivity index is 2.36. The predicted octanol–water partition coefficient (Wildman–Crippen LogP) is 2.54. The second-order valence-electron chi connectivity index (χ2n) is 3.55. The molecule has 2 rings (SSSR count). The summed E-state index contributed by atoms with van der Waals surface area (Å²) in [6, 6.07) is 8.31. The van der Waals surface area contributed by atoms with E-state index in [1.54, 1.807) is 6.92 Å². The van der Waals surface area contributed by atoms with Gasteiger partial charge in [-0.3, -0.25) is 0 Å². The van der Waals surface area contributed by atoms with Gasteiger partial charge in [-0.15, -0.1) is 0 Å². The van der Waals surface area contributed by atoms with Gasteiger partial charge in [0, 0.05) is 5.92 Å². The Hall–Kier alpha value is -0.820. The number of rotatable bonds is 1. The minimum atomic E-state index is -0.450. The summed E-state index contributed by atoms with van der Waals surface area (Å²) in [6.45, 7) is 1.77. The SMILES string of the molecule is CC([O])C1CCc2ccccc21. The Bertz CT molecular complexity index is 278. The molecule has 0 fully saturated rings. The summed E-state index contributed by atoms with van der Waals surface area (Å²) in [7, 11) is 0. The summed E-state index contributed by atoms with van der Waals surface area (Å²) >= 11 is 0. The molecular weight excluding hydrogens is 148 g/mol. The van der Waals surface area contributed by atoms with Crippen molar-refractivity contribution in [3.05, 3.63) is 35.4 Å². The van der Waals surface area contributed by atoms with Gasteiger partial charge in [0.2, 0.25) is 0 Å². The fraction of sp³-hybridized carbons (Fsp3) is 0.455. The summed E-state index contributed by atoms with van der Waals surface area (Å²) in [4.78, 5) is 0. The lowest BCUT2D eigenvalue weighted by atomic mass is 9.97. The molecule has 2 unspecified atom stereocenters. The molecule has 0 saturated carbocycles. The van der Waals surface area contributed by atoms with Gasteiger partial charge in [0.15, 0.2) is 0 Å². The average Bonchev–Trinajstić information content (AvgIpc) is 2.47. The third-order valence-electron chi connectivity index (χ3n) is 2.75. The molecule has 0 aliphatic heterocycles. The van der Waals surface area contributed by atoms with Crippen molar-refractivity contribution in [1.82, 2.24) is 0 Å². The molecule has 0 spiro atoms. The number of fused-ring (bicyclic) bond motifs is 1. The first kappa shape index (κ1) is 7.81. The molecule has 0 amide bonds. The Morgan fingerprint density at radius 3 is 2.92 bits per heavy atom. The van der Waals surface area contributed by atoms with Gasteiger partial charge in [-0.2, -0.15) is 0 Å². The Morgan fingerprint density at radius 2 is 2.17 bits per heavy atom. The van der Waals surface area contributed by atoms with Crippen LogP contribution >= 0.6 is 0 Å². The van der Waals surface area contributed by atoms with E-state index >= 15 is 0 Å². The van der Waals surface area contributed by atoms with Crippen LogP contribution in [0.25, 0.3) is 0 Å². The molecule has 63 valence electrons. The van der Waals surface area contributed by atoms with E-state index in [9.17, 15) is 5.11 Å². The largest absolute Gasteiger partial charge is 0.233 e. The summed E-state index contributed by atoms with van der Waals surface area (Å²) in [5.41, 5.74) is 2.67. The number of aryl methyl sites for hydroxylation is 1. The van der Waals surface area contributed by atoms with Crippen LogP contribution in [0.2, 0.25) is 0 Å². The van der Waals surface area contributed by atoms with E-state index in [1.165, 1.54) is 11.1 Å². The van der Waals surface area contributed by atoms with E-state index in [1.807, 2.05) is 6.07 Å². The van der Waals surface area contributed by atoms with Crippen LogP contribution in [0, 0.1) is 0 Å². The summed E-state index contributed by atoms with van der Waals surface area (Å²) in [5.74, 6) is 0.265. The molecule has 1 radical (unpaired) electrons. The zero-order valence-corrected chi connectivity index (χ0v) is 7.29. The number of benzene rings is 1. The number of hydrogen-bond acceptors (Lipinski definition) is 0. The average molecular weight is 161 g/mol. The third-order valence-corrected chi connectivity index (χ3v) is 2.75. The van der Waals surface area contributed by atoms with Crippen LogP contribution in [0.15, 0.2) is 24.3 Å². The van der Waals surface area contributed by atoms with Gasteiger partial charge in [0.1, 0.15) is 0 Å². The molecule has 1 aromatic carbocycles. The highest BCUT2D eigenvalue weighted by Crippen LogP contribution is 2.35. The molecule has 1 aromatic rings. The fourth-order valence-electron chi connectivity index (χ4n) is 2.08. The van der Waals surface area contributed by atoms with Gasteiger partial charge >= 0.3 is 0 Å². The van der Waals surface area contributed by atoms with Gasteiger partial charge in [0.25, 0.3) is 0 Å². The van der Waals surface area contributed by atoms with Gasteiger partial charge in [0.05, 0.1) is 6.10 Å². The molecule has 0 N–H and O–H groups in total. The molecule has 1 nitrogen and oxygen atoms in total. The summed E-state index contributed by atoms with van der Waals surface area (Å²) in [5, 5.41) is 11.3. The smallest absolute Gasteiger partial charge is 0.0970 e. The molecule has 1 heteroatoms. The quantitative estimate of drug-likeness (QED) is 0.603. The van der Waals surface area contributed by atoms with E-state index in [4.69, 9.17) is 0 Å². The minimum absolute atomic E-state index is 0.265. The number of hydrogen-bond donors (Lipinski definition) is 0. The molecule has 2 atom stereocenters. The maximum atomic E-state index is 11.3. The lowest BCUT2D eigenvalue weighted by Crippen LogP contribution is -2.09. The van der Waals surface area contributed by atoms with Crippen LogP contribution in [-0.4, -0.2) is 6.10 Å². The highest BCUT2D eigenvalue weighted by molar-refractivity contribution is 5.35. The van der Waals surface area contributed by atoms with E-state index in [2.05, 4.69) is 18.2 Å². The van der Waals surface area contributed by atoms with Crippen LogP contribution in [0.4, 0.5) is 0 Å². The summed E-state index contributed by atoms with van der Waals surface area (Å²) in [6.07, 6.45) is 1.69. The topological polar surface area (TPSA) is 19.9 Å². The van der Waals surface area contributed by atoms with Crippen molar-refractivity contribution in [2.75, 3.05) is 0 Å². The zero-order chi connectivity index (χ0) is 8.55. The van der Waals surface area contributed by atoms with Gasteiger partial charge in [-0.05, 0) is 30.9 Å². The van der Waals surface area contributed by atoms with Gasteiger partial charge < -0.3 is 0 Å². The lowest BCUT2D eigenvalue weighted by Gasteiger charge is -2.11. The highest BCUT2D eigenvalue weighted by atomic mass is 16.3. The second-order valence-corrected chi connectivity index (χ2v) is 3.55. The Morgan fingerprint density at radius 1 is 1.42 bits per heavy atom. The van der Waals surface area contributed by atoms with Crippen molar-refractivity contribution in [3.63, 3.8) is 0 Å². The highest BCUT2D eigenvalue weighted by Gasteiger charge is 2.26. The Labute approximate surface area is 73.0 Å². The lowest BCUT2D eigenvalue weighted by molar-refractivity contribution is 0.0804. The van der Waals surface area contributed by atoms with E-state index in [0.29, 0.717) is 0 Å². The first-order valence-electron chi connectivity index (χ1n) is 4.52. The molecule has 1 aliphatic carbocycles. The monoisotopic (exact) mass is 161 g/mol. The fourth-order valence-corrected chi connectivity index (χ4v) is 2.08. The first-order chi connectivity index (χ1) is 5.79. The Kier molecular flexibility index (Phi) is 1.89. The molecule has 1 aliphatic rings. The van der Waals surface area contributed by atoms with Crippen molar-refractivity contribution in [1.29, 1.82) is 0 Å². The van der Waals surface area contributed by atoms with Crippen LogP contribution < -0.4 is 0 Å². The van der Waals surface area contributed by atoms with Crippen molar-refractivity contribution in [2.24, 2.45) is 0 Å². The standard InChI is InChI=1S/C11H13O/c1-8(12)10-7-6-9-4-2-3-5-11(9)10/h2-5,8,10H,6-7H2,1H3.